The second-order valence-electron chi connectivity index (χ2n) is 8.94. The first-order valence-corrected chi connectivity index (χ1v) is 11.9. The van der Waals surface area contributed by atoms with Crippen LogP contribution in [0.15, 0.2) is 78.5 Å². The van der Waals surface area contributed by atoms with Crippen LogP contribution in [0.25, 0.3) is 0 Å². The fraction of sp³-hybridized carbons (Fsp3) is 0.269. The first kappa shape index (κ1) is 22.1. The van der Waals surface area contributed by atoms with Gasteiger partial charge in [0, 0.05) is 49.5 Å². The summed E-state index contributed by atoms with van der Waals surface area (Å²) >= 11 is 0. The van der Waals surface area contributed by atoms with Gasteiger partial charge in [-0.1, -0.05) is 12.1 Å². The second-order valence-corrected chi connectivity index (χ2v) is 8.94. The van der Waals surface area contributed by atoms with Gasteiger partial charge in [0.05, 0.1) is 5.69 Å². The van der Waals surface area contributed by atoms with E-state index in [1.807, 2.05) is 22.1 Å². The quantitative estimate of drug-likeness (QED) is 0.589. The van der Waals surface area contributed by atoms with Gasteiger partial charge in [0.25, 0.3) is 11.9 Å². The summed E-state index contributed by atoms with van der Waals surface area (Å²) in [5.74, 6) is 0.193. The van der Waals surface area contributed by atoms with Crippen LogP contribution in [0.3, 0.4) is 0 Å². The number of fused-ring (bicyclic) bond motifs is 1. The Bertz CT molecular complexity index is 1320. The van der Waals surface area contributed by atoms with E-state index in [9.17, 15) is 9.18 Å². The zero-order chi connectivity index (χ0) is 24.5. The maximum atomic E-state index is 13.5. The van der Waals surface area contributed by atoms with Crippen molar-refractivity contribution in [3.05, 3.63) is 96.2 Å². The van der Waals surface area contributed by atoms with E-state index in [1.54, 1.807) is 49.1 Å². The van der Waals surface area contributed by atoms with Crippen molar-refractivity contribution >= 4 is 17.9 Å². The number of amidine groups is 1. The molecule has 3 aromatic rings. The lowest BCUT2D eigenvalue weighted by molar-refractivity contribution is 0.0714. The van der Waals surface area contributed by atoms with Gasteiger partial charge in [0.15, 0.2) is 0 Å². The van der Waals surface area contributed by atoms with Crippen molar-refractivity contribution in [2.24, 2.45) is 4.99 Å². The number of likely N-dealkylation sites (tertiary alicyclic amines) is 1. The van der Waals surface area contributed by atoms with Crippen molar-refractivity contribution in [1.82, 2.24) is 24.8 Å². The number of aromatic nitrogens is 3. The number of hydrogen-bond donors (Lipinski definition) is 1. The SMILES string of the molecule is O=C(c1ccncc1)N1CCC[C@@H](Nc2nccc(C3C(c4ccc(F)cc4)N=C4OC=CN43)n2)C1. The Morgan fingerprint density at radius 2 is 1.92 bits per heavy atom. The van der Waals surface area contributed by atoms with E-state index >= 15 is 0 Å². The Morgan fingerprint density at radius 3 is 2.75 bits per heavy atom. The van der Waals surface area contributed by atoms with Crippen molar-refractivity contribution < 1.29 is 13.9 Å². The summed E-state index contributed by atoms with van der Waals surface area (Å²) in [5.41, 5.74) is 2.26. The summed E-state index contributed by atoms with van der Waals surface area (Å²) in [6.07, 6.45) is 10.2. The minimum atomic E-state index is -0.309. The van der Waals surface area contributed by atoms with Crippen LogP contribution in [0.1, 0.15) is 46.5 Å². The van der Waals surface area contributed by atoms with Crippen LogP contribution in [0.4, 0.5) is 10.3 Å². The molecule has 9 nitrogen and oxygen atoms in total. The van der Waals surface area contributed by atoms with Crippen LogP contribution >= 0.6 is 0 Å². The van der Waals surface area contributed by atoms with Gasteiger partial charge in [-0.3, -0.25) is 14.7 Å². The van der Waals surface area contributed by atoms with Crippen molar-refractivity contribution in [2.75, 3.05) is 18.4 Å². The number of hydrogen-bond acceptors (Lipinski definition) is 8. The van der Waals surface area contributed by atoms with E-state index in [1.165, 1.54) is 12.1 Å². The van der Waals surface area contributed by atoms with Crippen molar-refractivity contribution in [3.63, 3.8) is 0 Å². The molecule has 10 heteroatoms. The number of aliphatic imine (C=N–C) groups is 1. The Morgan fingerprint density at radius 1 is 1.08 bits per heavy atom. The van der Waals surface area contributed by atoms with E-state index in [0.717, 1.165) is 24.1 Å². The third kappa shape index (κ3) is 4.26. The van der Waals surface area contributed by atoms with Crippen LogP contribution in [-0.4, -0.2) is 55.8 Å². The fourth-order valence-corrected chi connectivity index (χ4v) is 4.90. The number of carbonyl (C=O) groups is 1. The van der Waals surface area contributed by atoms with E-state index in [0.29, 0.717) is 30.6 Å². The number of carbonyl (C=O) groups excluding carboxylic acids is 1. The topological polar surface area (TPSA) is 95.8 Å². The summed E-state index contributed by atoms with van der Waals surface area (Å²) in [6.45, 7) is 1.27. The van der Waals surface area contributed by atoms with E-state index < -0.39 is 0 Å². The molecule has 5 heterocycles. The number of halogens is 1. The highest BCUT2D eigenvalue weighted by Crippen LogP contribution is 2.43. The van der Waals surface area contributed by atoms with Crippen LogP contribution in [0.5, 0.6) is 0 Å². The zero-order valence-corrected chi connectivity index (χ0v) is 19.4. The summed E-state index contributed by atoms with van der Waals surface area (Å²) in [5, 5.41) is 3.42. The minimum absolute atomic E-state index is 0.00263. The molecule has 1 fully saturated rings. The minimum Gasteiger partial charge on any atom is -0.432 e. The molecule has 3 aliphatic rings. The Labute approximate surface area is 207 Å². The number of piperidine rings is 1. The summed E-state index contributed by atoms with van der Waals surface area (Å²) in [4.78, 5) is 34.7. The third-order valence-electron chi connectivity index (χ3n) is 6.62. The van der Waals surface area contributed by atoms with E-state index in [2.05, 4.69) is 15.3 Å². The van der Waals surface area contributed by atoms with Gasteiger partial charge < -0.3 is 15.0 Å². The molecule has 2 aromatic heterocycles. The lowest BCUT2D eigenvalue weighted by Crippen LogP contribution is -2.45. The molecule has 1 N–H and O–H groups in total. The van der Waals surface area contributed by atoms with Crippen LogP contribution in [0, 0.1) is 5.82 Å². The average molecular weight is 486 g/mol. The van der Waals surface area contributed by atoms with Crippen molar-refractivity contribution in [3.8, 4) is 0 Å². The fourth-order valence-electron chi connectivity index (χ4n) is 4.90. The molecule has 3 atom stereocenters. The number of ether oxygens (including phenoxy) is 1. The van der Waals surface area contributed by atoms with Crippen LogP contribution < -0.4 is 5.32 Å². The number of anilines is 1. The smallest absolute Gasteiger partial charge is 0.298 e. The molecule has 0 radical (unpaired) electrons. The molecule has 2 unspecified atom stereocenters. The van der Waals surface area contributed by atoms with Gasteiger partial charge >= 0.3 is 0 Å². The normalized spacial score (nSPS) is 22.7. The van der Waals surface area contributed by atoms with Crippen molar-refractivity contribution in [2.45, 2.75) is 31.0 Å². The lowest BCUT2D eigenvalue weighted by atomic mass is 9.97. The highest BCUT2D eigenvalue weighted by molar-refractivity contribution is 5.94. The Balaban J connectivity index is 1.21. The summed E-state index contributed by atoms with van der Waals surface area (Å²) < 4.78 is 19.1. The average Bonchev–Trinajstić information content (AvgIpc) is 3.51. The molecule has 1 saturated heterocycles. The Kier molecular flexibility index (Phi) is 5.76. The van der Waals surface area contributed by atoms with Gasteiger partial charge in [-0.25, -0.2) is 19.4 Å². The van der Waals surface area contributed by atoms with Crippen LogP contribution in [0.2, 0.25) is 0 Å². The maximum Gasteiger partial charge on any atom is 0.298 e. The zero-order valence-electron chi connectivity index (χ0n) is 19.4. The van der Waals surface area contributed by atoms with E-state index in [4.69, 9.17) is 14.7 Å². The molecule has 1 aromatic carbocycles. The molecule has 6 rings (SSSR count). The molecule has 0 bridgehead atoms. The van der Waals surface area contributed by atoms with Crippen molar-refractivity contribution in [1.29, 1.82) is 0 Å². The number of amides is 1. The maximum absolute atomic E-state index is 13.5. The lowest BCUT2D eigenvalue weighted by Gasteiger charge is -2.33. The predicted octanol–water partition coefficient (Wildman–Crippen LogP) is 3.68. The number of benzene rings is 1. The molecule has 0 aliphatic carbocycles. The number of nitrogens with zero attached hydrogens (tertiary/aromatic N) is 6. The molecule has 3 aliphatic heterocycles. The first-order chi connectivity index (χ1) is 17.7. The third-order valence-corrected chi connectivity index (χ3v) is 6.62. The van der Waals surface area contributed by atoms with E-state index in [-0.39, 0.29) is 29.8 Å². The molecule has 182 valence electrons. The van der Waals surface area contributed by atoms with Gasteiger partial charge in [-0.05, 0) is 48.7 Å². The number of rotatable bonds is 5. The molecule has 36 heavy (non-hydrogen) atoms. The molecule has 1 amide bonds. The van der Waals surface area contributed by atoms with Gasteiger partial charge in [0.2, 0.25) is 5.95 Å². The summed E-state index contributed by atoms with van der Waals surface area (Å²) in [6, 6.07) is 11.6. The molecule has 0 saturated carbocycles. The highest BCUT2D eigenvalue weighted by atomic mass is 19.1. The summed E-state index contributed by atoms with van der Waals surface area (Å²) in [7, 11) is 0. The number of nitrogens with one attached hydrogen (secondary N) is 1. The highest BCUT2D eigenvalue weighted by Gasteiger charge is 2.41. The molecule has 0 spiro atoms. The second kappa shape index (κ2) is 9.37. The first-order valence-electron chi connectivity index (χ1n) is 11.9. The number of pyridine rings is 1. The Hall–Kier alpha value is -4.34. The van der Waals surface area contributed by atoms with Gasteiger partial charge in [-0.15, -0.1) is 0 Å². The van der Waals surface area contributed by atoms with Gasteiger partial charge in [-0.2, -0.15) is 0 Å². The van der Waals surface area contributed by atoms with Crippen LogP contribution in [-0.2, 0) is 4.74 Å². The standard InChI is InChI=1S/C26H24FN7O2/c27-19-5-3-17(4-6-19)22-23(34-14-15-36-26(34)32-22)21-9-12-29-25(31-21)30-20-2-1-13-33(16-20)24(35)18-7-10-28-11-8-18/h3-12,14-15,20,22-23H,1-2,13,16H2,(H,29,30,31)/t20-,22?,23?/m1/s1. The monoisotopic (exact) mass is 485 g/mol. The largest absolute Gasteiger partial charge is 0.432 e. The van der Waals surface area contributed by atoms with Gasteiger partial charge in [0.1, 0.15) is 24.2 Å². The predicted molar refractivity (Wildman–Crippen MR) is 130 cm³/mol. The molecular formula is C26H24FN7O2. The molecular weight excluding hydrogens is 461 g/mol.